The molecule has 1 amide bonds. The number of rotatable bonds is 5. The van der Waals surface area contributed by atoms with Crippen LogP contribution in [0.2, 0.25) is 0 Å². The van der Waals surface area contributed by atoms with Crippen LogP contribution >= 0.6 is 12.4 Å². The zero-order valence-electron chi connectivity index (χ0n) is 7.73. The van der Waals surface area contributed by atoms with Crippen molar-refractivity contribution in [1.82, 2.24) is 0 Å². The maximum absolute atomic E-state index is 12.3. The molecule has 0 aromatic rings. The zero-order chi connectivity index (χ0) is 10.4. The van der Waals surface area contributed by atoms with E-state index in [1.807, 2.05) is 0 Å². The summed E-state index contributed by atoms with van der Waals surface area (Å²) < 4.78 is 35.4. The molecule has 14 heavy (non-hydrogen) atoms. The van der Waals surface area contributed by atoms with E-state index in [1.165, 1.54) is 0 Å². The van der Waals surface area contributed by atoms with Gasteiger partial charge in [-0.3, -0.25) is 4.79 Å². The van der Waals surface area contributed by atoms with Gasteiger partial charge in [0.25, 0.3) is 0 Å². The highest BCUT2D eigenvalue weighted by Crippen LogP contribution is 2.19. The van der Waals surface area contributed by atoms with Crippen molar-refractivity contribution in [1.29, 1.82) is 0 Å². The largest absolute Gasteiger partial charge is 0.369 e. The molecule has 0 saturated heterocycles. The summed E-state index contributed by atoms with van der Waals surface area (Å²) in [5, 5.41) is 0. The number of allylic oxidation sites excluding steroid dienone is 1. The highest BCUT2D eigenvalue weighted by Gasteiger charge is 2.15. The van der Waals surface area contributed by atoms with Crippen LogP contribution in [0.4, 0.5) is 13.2 Å². The smallest absolute Gasteiger partial charge is 0.301 e. The molecule has 0 radical (unpaired) electrons. The summed E-state index contributed by atoms with van der Waals surface area (Å²) in [5.74, 6) is -2.56. The van der Waals surface area contributed by atoms with Crippen LogP contribution in [0.15, 0.2) is 11.9 Å². The normalized spacial score (nSPS) is 11.4. The van der Waals surface area contributed by atoms with Crippen LogP contribution in [0.3, 0.4) is 0 Å². The van der Waals surface area contributed by atoms with Gasteiger partial charge in [-0.05, 0) is 12.8 Å². The van der Waals surface area contributed by atoms with Crippen LogP contribution < -0.4 is 5.73 Å². The number of amides is 1. The molecule has 0 aromatic heterocycles. The summed E-state index contributed by atoms with van der Waals surface area (Å²) >= 11 is 0. The molecule has 2 nitrogen and oxygen atoms in total. The van der Waals surface area contributed by atoms with Crippen molar-refractivity contribution in [3.8, 4) is 0 Å². The third kappa shape index (κ3) is 5.85. The summed E-state index contributed by atoms with van der Waals surface area (Å²) in [6.07, 6.45) is -2.27. The molecule has 0 aliphatic rings. The van der Waals surface area contributed by atoms with Crippen LogP contribution in [0.5, 0.6) is 0 Å². The van der Waals surface area contributed by atoms with Crippen LogP contribution in [-0.4, -0.2) is 5.91 Å². The van der Waals surface area contributed by atoms with E-state index < -0.39 is 30.2 Å². The molecule has 0 fully saturated rings. The zero-order valence-corrected chi connectivity index (χ0v) is 8.54. The summed E-state index contributed by atoms with van der Waals surface area (Å²) in [7, 11) is 0. The summed E-state index contributed by atoms with van der Waals surface area (Å²) in [6.45, 7) is 1.70. The van der Waals surface area contributed by atoms with Gasteiger partial charge in [0, 0.05) is 12.3 Å². The fraction of sp³-hybridized carbons (Fsp3) is 0.625. The van der Waals surface area contributed by atoms with E-state index in [-0.39, 0.29) is 18.8 Å². The van der Waals surface area contributed by atoms with Crippen molar-refractivity contribution >= 4 is 18.3 Å². The minimum Gasteiger partial charge on any atom is -0.369 e. The van der Waals surface area contributed by atoms with Crippen LogP contribution in [0, 0.1) is 5.92 Å². The van der Waals surface area contributed by atoms with E-state index in [0.29, 0.717) is 6.42 Å². The van der Waals surface area contributed by atoms with Crippen molar-refractivity contribution < 1.29 is 18.0 Å². The fourth-order valence-corrected chi connectivity index (χ4v) is 0.943. The fourth-order valence-electron chi connectivity index (χ4n) is 0.943. The molecule has 2 N–H and O–H groups in total. The quantitative estimate of drug-likeness (QED) is 0.777. The third-order valence-electron chi connectivity index (χ3n) is 1.81. The summed E-state index contributed by atoms with van der Waals surface area (Å²) in [6, 6.07) is 0. The molecule has 0 aliphatic carbocycles. The van der Waals surface area contributed by atoms with E-state index in [1.54, 1.807) is 6.92 Å². The SMILES string of the molecule is CCC(CCC(F)=C(F)F)C(N)=O.Cl. The molecule has 1 unspecified atom stereocenters. The van der Waals surface area contributed by atoms with E-state index in [9.17, 15) is 18.0 Å². The van der Waals surface area contributed by atoms with Crippen LogP contribution in [-0.2, 0) is 4.79 Å². The van der Waals surface area contributed by atoms with Crippen molar-refractivity contribution in [2.45, 2.75) is 26.2 Å². The molecule has 0 spiro atoms. The van der Waals surface area contributed by atoms with Crippen molar-refractivity contribution in [3.05, 3.63) is 11.9 Å². The Balaban J connectivity index is 0. The Kier molecular flexibility index (Phi) is 8.63. The number of carbonyl (C=O) groups excluding carboxylic acids is 1. The minimum absolute atomic E-state index is 0. The van der Waals surface area contributed by atoms with Gasteiger partial charge in [-0.15, -0.1) is 12.4 Å². The molecular formula is C8H13ClF3NO. The second-order valence-electron chi connectivity index (χ2n) is 2.71. The van der Waals surface area contributed by atoms with Gasteiger partial charge >= 0.3 is 6.08 Å². The summed E-state index contributed by atoms with van der Waals surface area (Å²) in [5.41, 5.74) is 4.94. The Morgan fingerprint density at radius 3 is 2.14 bits per heavy atom. The Labute approximate surface area is 86.8 Å². The lowest BCUT2D eigenvalue weighted by Crippen LogP contribution is -2.22. The first-order valence-corrected chi connectivity index (χ1v) is 3.98. The molecule has 0 saturated carbocycles. The topological polar surface area (TPSA) is 43.1 Å². The predicted molar refractivity (Wildman–Crippen MR) is 49.8 cm³/mol. The lowest BCUT2D eigenvalue weighted by atomic mass is 9.99. The molecule has 0 rings (SSSR count). The molecule has 1 atom stereocenters. The van der Waals surface area contributed by atoms with Gasteiger partial charge in [-0.1, -0.05) is 6.92 Å². The Hall–Kier alpha value is -0.710. The third-order valence-corrected chi connectivity index (χ3v) is 1.81. The van der Waals surface area contributed by atoms with Crippen LogP contribution in [0.1, 0.15) is 26.2 Å². The van der Waals surface area contributed by atoms with Crippen molar-refractivity contribution in [2.24, 2.45) is 11.7 Å². The molecule has 0 aliphatic heterocycles. The van der Waals surface area contributed by atoms with Gasteiger partial charge in [-0.2, -0.15) is 8.78 Å². The number of carbonyl (C=O) groups is 1. The number of nitrogens with two attached hydrogens (primary N) is 1. The standard InChI is InChI=1S/C8H12F3NO.ClH/c1-2-5(8(12)13)3-4-6(9)7(10)11;/h5H,2-4H2,1H3,(H2,12,13);1H. The Bertz CT molecular complexity index is 217. The molecule has 6 heteroatoms. The number of primary amides is 1. The highest BCUT2D eigenvalue weighted by molar-refractivity contribution is 5.85. The van der Waals surface area contributed by atoms with Crippen molar-refractivity contribution in [2.75, 3.05) is 0 Å². The van der Waals surface area contributed by atoms with Crippen molar-refractivity contribution in [3.63, 3.8) is 0 Å². The average Bonchev–Trinajstić information content (AvgIpc) is 2.04. The first-order valence-electron chi connectivity index (χ1n) is 3.98. The Morgan fingerprint density at radius 2 is 1.86 bits per heavy atom. The molecule has 0 aromatic carbocycles. The lowest BCUT2D eigenvalue weighted by molar-refractivity contribution is -0.122. The molecule has 0 heterocycles. The second-order valence-corrected chi connectivity index (χ2v) is 2.71. The molecule has 84 valence electrons. The first kappa shape index (κ1) is 15.7. The molecule has 0 bridgehead atoms. The van der Waals surface area contributed by atoms with Gasteiger partial charge in [0.2, 0.25) is 5.91 Å². The second kappa shape index (κ2) is 7.67. The maximum atomic E-state index is 12.3. The van der Waals surface area contributed by atoms with Gasteiger partial charge in [0.05, 0.1) is 0 Å². The first-order chi connectivity index (χ1) is 5.99. The lowest BCUT2D eigenvalue weighted by Gasteiger charge is -2.08. The van der Waals surface area contributed by atoms with E-state index in [0.717, 1.165) is 0 Å². The molecular weight excluding hydrogens is 219 g/mol. The number of hydrogen-bond donors (Lipinski definition) is 1. The summed E-state index contributed by atoms with van der Waals surface area (Å²) in [4.78, 5) is 10.6. The highest BCUT2D eigenvalue weighted by atomic mass is 35.5. The number of halogens is 4. The Morgan fingerprint density at radius 1 is 1.36 bits per heavy atom. The van der Waals surface area contributed by atoms with Gasteiger partial charge in [0.1, 0.15) is 0 Å². The van der Waals surface area contributed by atoms with Crippen LogP contribution in [0.25, 0.3) is 0 Å². The van der Waals surface area contributed by atoms with Gasteiger partial charge in [0.15, 0.2) is 5.83 Å². The van der Waals surface area contributed by atoms with E-state index in [2.05, 4.69) is 0 Å². The van der Waals surface area contributed by atoms with Gasteiger partial charge in [-0.25, -0.2) is 4.39 Å². The number of hydrogen-bond acceptors (Lipinski definition) is 1. The van der Waals surface area contributed by atoms with Gasteiger partial charge < -0.3 is 5.73 Å². The minimum atomic E-state index is -2.32. The average molecular weight is 232 g/mol. The predicted octanol–water partition coefficient (Wildman–Crippen LogP) is 2.78. The monoisotopic (exact) mass is 231 g/mol. The van der Waals surface area contributed by atoms with E-state index >= 15 is 0 Å². The van der Waals surface area contributed by atoms with E-state index in [4.69, 9.17) is 5.73 Å². The maximum Gasteiger partial charge on any atom is 0.301 e.